The van der Waals surface area contributed by atoms with E-state index in [1.54, 1.807) is 20.8 Å². The molecule has 1 atom stereocenters. The van der Waals surface area contributed by atoms with Crippen molar-refractivity contribution in [2.24, 2.45) is 5.92 Å². The van der Waals surface area contributed by atoms with Crippen molar-refractivity contribution < 1.29 is 19.1 Å². The largest absolute Gasteiger partial charge is 0.464 e. The van der Waals surface area contributed by atoms with Crippen LogP contribution in [0.3, 0.4) is 0 Å². The average molecular weight is 307 g/mol. The molecule has 0 aromatic heterocycles. The fourth-order valence-corrected chi connectivity index (χ4v) is 1.81. The first kappa shape index (κ1) is 18.0. The van der Waals surface area contributed by atoms with E-state index in [2.05, 4.69) is 5.32 Å². The predicted molar refractivity (Wildman–Crippen MR) is 84.5 cm³/mol. The highest BCUT2D eigenvalue weighted by molar-refractivity contribution is 5.72. The Morgan fingerprint density at radius 1 is 1.18 bits per heavy atom. The van der Waals surface area contributed by atoms with Crippen LogP contribution in [0.15, 0.2) is 30.3 Å². The van der Waals surface area contributed by atoms with Crippen molar-refractivity contribution in [3.63, 3.8) is 0 Å². The molecule has 5 nitrogen and oxygen atoms in total. The Morgan fingerprint density at radius 2 is 1.82 bits per heavy atom. The highest BCUT2D eigenvalue weighted by Gasteiger charge is 2.17. The van der Waals surface area contributed by atoms with Crippen LogP contribution in [0.25, 0.3) is 0 Å². The molecule has 1 aromatic carbocycles. The van der Waals surface area contributed by atoms with Crippen molar-refractivity contribution in [1.29, 1.82) is 0 Å². The van der Waals surface area contributed by atoms with Gasteiger partial charge in [0.25, 0.3) is 0 Å². The van der Waals surface area contributed by atoms with E-state index < -0.39 is 11.7 Å². The molecule has 0 aliphatic heterocycles. The van der Waals surface area contributed by atoms with Crippen LogP contribution in [0.2, 0.25) is 0 Å². The number of esters is 1. The summed E-state index contributed by atoms with van der Waals surface area (Å²) in [6.07, 6.45) is 0.125. The number of hydrogen-bond donors (Lipinski definition) is 1. The van der Waals surface area contributed by atoms with Gasteiger partial charge < -0.3 is 14.8 Å². The van der Waals surface area contributed by atoms with Gasteiger partial charge in [0.2, 0.25) is 0 Å². The van der Waals surface area contributed by atoms with Crippen LogP contribution in [-0.2, 0) is 20.7 Å². The summed E-state index contributed by atoms with van der Waals surface area (Å²) in [6, 6.07) is 9.78. The first-order chi connectivity index (χ1) is 10.3. The summed E-state index contributed by atoms with van der Waals surface area (Å²) in [5, 5.41) is 2.54. The predicted octanol–water partition coefficient (Wildman–Crippen LogP) is 2.93. The molecule has 1 N–H and O–H groups in total. The molecule has 0 bridgehead atoms. The zero-order chi connectivity index (χ0) is 16.6. The molecule has 122 valence electrons. The molecule has 0 radical (unpaired) electrons. The third kappa shape index (κ3) is 7.67. The van der Waals surface area contributed by atoms with E-state index >= 15 is 0 Å². The second-order valence-corrected chi connectivity index (χ2v) is 6.19. The zero-order valence-electron chi connectivity index (χ0n) is 13.7. The highest BCUT2D eigenvalue weighted by Crippen LogP contribution is 2.09. The van der Waals surface area contributed by atoms with Crippen molar-refractivity contribution in [2.45, 2.75) is 39.7 Å². The molecule has 1 aromatic rings. The summed E-state index contributed by atoms with van der Waals surface area (Å²) < 4.78 is 10.2. The minimum Gasteiger partial charge on any atom is -0.464 e. The summed E-state index contributed by atoms with van der Waals surface area (Å²) in [4.78, 5) is 23.3. The molecule has 0 aliphatic carbocycles. The van der Waals surface area contributed by atoms with Crippen molar-refractivity contribution >= 4 is 12.1 Å². The Balaban J connectivity index is 2.21. The number of alkyl carbamates (subject to hydrolysis) is 1. The van der Waals surface area contributed by atoms with Gasteiger partial charge in [-0.1, -0.05) is 37.3 Å². The Kier molecular flexibility index (Phi) is 6.89. The SMILES string of the molecule is C[C@@H](Cc1ccccc1)C(=O)OCCNC(=O)OC(C)(C)C. The summed E-state index contributed by atoms with van der Waals surface area (Å²) in [6.45, 7) is 7.57. The quantitative estimate of drug-likeness (QED) is 0.648. The number of rotatable bonds is 6. The normalized spacial score (nSPS) is 12.4. The number of hydrogen-bond acceptors (Lipinski definition) is 4. The number of benzene rings is 1. The minimum atomic E-state index is -0.537. The molecule has 22 heavy (non-hydrogen) atoms. The lowest BCUT2D eigenvalue weighted by molar-refractivity contribution is -0.147. The summed E-state index contributed by atoms with van der Waals surface area (Å²) in [5.74, 6) is -0.487. The third-order valence-electron chi connectivity index (χ3n) is 2.80. The van der Waals surface area contributed by atoms with E-state index in [-0.39, 0.29) is 25.0 Å². The average Bonchev–Trinajstić information content (AvgIpc) is 2.42. The van der Waals surface area contributed by atoms with Crippen LogP contribution in [-0.4, -0.2) is 30.8 Å². The van der Waals surface area contributed by atoms with Gasteiger partial charge in [0, 0.05) is 0 Å². The molecule has 1 rings (SSSR count). The smallest absolute Gasteiger partial charge is 0.407 e. The summed E-state index contributed by atoms with van der Waals surface area (Å²) in [7, 11) is 0. The van der Waals surface area contributed by atoms with Crippen LogP contribution < -0.4 is 5.32 Å². The van der Waals surface area contributed by atoms with Gasteiger partial charge in [-0.15, -0.1) is 0 Å². The lowest BCUT2D eigenvalue weighted by Gasteiger charge is -2.19. The monoisotopic (exact) mass is 307 g/mol. The molecule has 0 unspecified atom stereocenters. The van der Waals surface area contributed by atoms with E-state index in [1.165, 1.54) is 0 Å². The van der Waals surface area contributed by atoms with Crippen molar-refractivity contribution in [1.82, 2.24) is 5.32 Å². The van der Waals surface area contributed by atoms with E-state index in [0.29, 0.717) is 6.42 Å². The Morgan fingerprint density at radius 3 is 2.41 bits per heavy atom. The Labute approximate surface area is 132 Å². The van der Waals surface area contributed by atoms with Crippen LogP contribution >= 0.6 is 0 Å². The number of ether oxygens (including phenoxy) is 2. The van der Waals surface area contributed by atoms with Gasteiger partial charge in [-0.25, -0.2) is 4.79 Å². The molecule has 0 saturated carbocycles. The maximum absolute atomic E-state index is 11.9. The summed E-state index contributed by atoms with van der Waals surface area (Å²) >= 11 is 0. The molecule has 0 aliphatic rings. The van der Waals surface area contributed by atoms with Gasteiger partial charge in [-0.05, 0) is 32.8 Å². The van der Waals surface area contributed by atoms with Gasteiger partial charge in [0.15, 0.2) is 0 Å². The zero-order valence-corrected chi connectivity index (χ0v) is 13.7. The number of carbonyl (C=O) groups is 2. The maximum Gasteiger partial charge on any atom is 0.407 e. The van der Waals surface area contributed by atoms with E-state index in [9.17, 15) is 9.59 Å². The fourth-order valence-electron chi connectivity index (χ4n) is 1.81. The first-order valence-corrected chi connectivity index (χ1v) is 7.45. The van der Waals surface area contributed by atoms with Crippen molar-refractivity contribution in [2.75, 3.05) is 13.2 Å². The number of amides is 1. The molecular formula is C17H25NO4. The van der Waals surface area contributed by atoms with E-state index in [4.69, 9.17) is 9.47 Å². The Bertz CT molecular complexity index is 479. The lowest BCUT2D eigenvalue weighted by Crippen LogP contribution is -2.34. The molecular weight excluding hydrogens is 282 g/mol. The number of carbonyl (C=O) groups excluding carboxylic acids is 2. The Hall–Kier alpha value is -2.04. The number of nitrogens with one attached hydrogen (secondary N) is 1. The summed E-state index contributed by atoms with van der Waals surface area (Å²) in [5.41, 5.74) is 0.559. The third-order valence-corrected chi connectivity index (χ3v) is 2.80. The molecule has 1 amide bonds. The molecule has 0 saturated heterocycles. The van der Waals surface area contributed by atoms with Gasteiger partial charge >= 0.3 is 12.1 Å². The molecule has 0 spiro atoms. The minimum absolute atomic E-state index is 0.136. The van der Waals surface area contributed by atoms with Crippen molar-refractivity contribution in [3.05, 3.63) is 35.9 Å². The standard InChI is InChI=1S/C17H25NO4/c1-13(12-14-8-6-5-7-9-14)15(19)21-11-10-18-16(20)22-17(2,3)4/h5-9,13H,10-12H2,1-4H3,(H,18,20)/t13-/m0/s1. The van der Waals surface area contributed by atoms with Crippen molar-refractivity contribution in [3.8, 4) is 0 Å². The fraction of sp³-hybridized carbons (Fsp3) is 0.529. The molecule has 0 fully saturated rings. The van der Waals surface area contributed by atoms with Gasteiger partial charge in [-0.2, -0.15) is 0 Å². The molecule has 5 heteroatoms. The maximum atomic E-state index is 11.9. The van der Waals surface area contributed by atoms with Gasteiger partial charge in [0.1, 0.15) is 12.2 Å². The van der Waals surface area contributed by atoms with Crippen LogP contribution in [0, 0.1) is 5.92 Å². The first-order valence-electron chi connectivity index (χ1n) is 7.45. The highest BCUT2D eigenvalue weighted by atomic mass is 16.6. The van der Waals surface area contributed by atoms with Crippen LogP contribution in [0.4, 0.5) is 4.79 Å². The van der Waals surface area contributed by atoms with Gasteiger partial charge in [0.05, 0.1) is 12.5 Å². The molecule has 0 heterocycles. The second kappa shape index (κ2) is 8.41. The van der Waals surface area contributed by atoms with Gasteiger partial charge in [-0.3, -0.25) is 4.79 Å². The van der Waals surface area contributed by atoms with E-state index in [1.807, 2.05) is 37.3 Å². The second-order valence-electron chi connectivity index (χ2n) is 6.19. The van der Waals surface area contributed by atoms with E-state index in [0.717, 1.165) is 5.56 Å². The van der Waals surface area contributed by atoms with Crippen LogP contribution in [0.5, 0.6) is 0 Å². The topological polar surface area (TPSA) is 64.6 Å². The lowest BCUT2D eigenvalue weighted by atomic mass is 10.0. The van der Waals surface area contributed by atoms with Crippen LogP contribution in [0.1, 0.15) is 33.3 Å².